The molecule has 1 fully saturated rings. The molecule has 1 aromatic heterocycles. The number of aromatic nitrogens is 1. The highest BCUT2D eigenvalue weighted by molar-refractivity contribution is 5.93. The molecule has 5 heteroatoms. The molecule has 0 saturated heterocycles. The summed E-state index contributed by atoms with van der Waals surface area (Å²) in [6, 6.07) is 3.95. The second-order valence-corrected chi connectivity index (χ2v) is 5.51. The van der Waals surface area contributed by atoms with Crippen LogP contribution in [0.1, 0.15) is 49.0 Å². The Bertz CT molecular complexity index is 443. The summed E-state index contributed by atoms with van der Waals surface area (Å²) in [5.74, 6) is -0.0720. The van der Waals surface area contributed by atoms with E-state index in [4.69, 9.17) is 4.74 Å². The summed E-state index contributed by atoms with van der Waals surface area (Å²) < 4.78 is 5.00. The number of hydrogen-bond donors (Lipinski definition) is 2. The molecule has 1 aromatic rings. The average Bonchev–Trinajstić information content (AvgIpc) is 2.76. The lowest BCUT2D eigenvalue weighted by atomic mass is 10.1. The first-order chi connectivity index (χ1) is 10.3. The molecule has 0 aromatic carbocycles. The molecule has 0 radical (unpaired) electrons. The number of methoxy groups -OCH3 is 1. The van der Waals surface area contributed by atoms with E-state index in [0.29, 0.717) is 24.9 Å². The molecule has 2 rings (SSSR count). The van der Waals surface area contributed by atoms with Crippen LogP contribution >= 0.6 is 0 Å². The molecule has 0 aliphatic heterocycles. The molecule has 0 spiro atoms. The lowest BCUT2D eigenvalue weighted by Gasteiger charge is -2.16. The van der Waals surface area contributed by atoms with E-state index in [9.17, 15) is 4.79 Å². The first-order valence-corrected chi connectivity index (χ1v) is 7.79. The van der Waals surface area contributed by atoms with Gasteiger partial charge in [-0.05, 0) is 25.0 Å². The Balaban J connectivity index is 1.90. The van der Waals surface area contributed by atoms with Crippen molar-refractivity contribution in [1.29, 1.82) is 0 Å². The number of hydrogen-bond acceptors (Lipinski definition) is 4. The van der Waals surface area contributed by atoms with Crippen LogP contribution in [0, 0.1) is 0 Å². The average molecular weight is 291 g/mol. The van der Waals surface area contributed by atoms with E-state index in [-0.39, 0.29) is 5.91 Å². The normalized spacial score (nSPS) is 16.2. The number of ether oxygens (including phenoxy) is 1. The zero-order valence-electron chi connectivity index (χ0n) is 12.7. The number of amides is 1. The number of pyridine rings is 1. The molecule has 1 aliphatic carbocycles. The fraction of sp³-hybridized carbons (Fsp3) is 0.625. The van der Waals surface area contributed by atoms with Crippen molar-refractivity contribution >= 4 is 11.6 Å². The van der Waals surface area contributed by atoms with Gasteiger partial charge in [0.05, 0.1) is 6.61 Å². The van der Waals surface area contributed by atoms with Gasteiger partial charge in [-0.1, -0.05) is 25.7 Å². The zero-order chi connectivity index (χ0) is 14.9. The van der Waals surface area contributed by atoms with Gasteiger partial charge in [-0.15, -0.1) is 0 Å². The third-order valence-electron chi connectivity index (χ3n) is 3.82. The van der Waals surface area contributed by atoms with Crippen LogP contribution in [0.5, 0.6) is 0 Å². The minimum absolute atomic E-state index is 0.0720. The summed E-state index contributed by atoms with van der Waals surface area (Å²) in [5, 5.41) is 6.33. The first-order valence-electron chi connectivity index (χ1n) is 7.79. The Morgan fingerprint density at radius 3 is 2.81 bits per heavy atom. The maximum absolute atomic E-state index is 12.3. The van der Waals surface area contributed by atoms with E-state index < -0.39 is 0 Å². The molecule has 1 heterocycles. The van der Waals surface area contributed by atoms with E-state index in [1.807, 2.05) is 6.07 Å². The molecule has 2 N–H and O–H groups in total. The highest BCUT2D eigenvalue weighted by atomic mass is 16.5. The van der Waals surface area contributed by atoms with E-state index in [1.54, 1.807) is 19.4 Å². The Kier molecular flexibility index (Phi) is 6.47. The maximum Gasteiger partial charge on any atom is 0.270 e. The van der Waals surface area contributed by atoms with Crippen LogP contribution in [0.25, 0.3) is 0 Å². The molecule has 0 unspecified atom stereocenters. The quantitative estimate of drug-likeness (QED) is 0.624. The summed E-state index contributed by atoms with van der Waals surface area (Å²) >= 11 is 0. The Hall–Kier alpha value is -1.62. The van der Waals surface area contributed by atoms with E-state index in [1.165, 1.54) is 25.7 Å². The molecule has 0 bridgehead atoms. The van der Waals surface area contributed by atoms with Gasteiger partial charge in [0.2, 0.25) is 0 Å². The van der Waals surface area contributed by atoms with Gasteiger partial charge in [-0.2, -0.15) is 0 Å². The summed E-state index contributed by atoms with van der Waals surface area (Å²) in [6.07, 6.45) is 8.80. The fourth-order valence-electron chi connectivity index (χ4n) is 2.65. The number of carbonyl (C=O) groups excluding carboxylic acids is 1. The van der Waals surface area contributed by atoms with E-state index in [2.05, 4.69) is 15.6 Å². The van der Waals surface area contributed by atoms with E-state index >= 15 is 0 Å². The van der Waals surface area contributed by atoms with Crippen LogP contribution in [0.3, 0.4) is 0 Å². The molecule has 1 saturated carbocycles. The van der Waals surface area contributed by atoms with Gasteiger partial charge in [-0.25, -0.2) is 0 Å². The number of nitrogens with one attached hydrogen (secondary N) is 2. The molecule has 116 valence electrons. The van der Waals surface area contributed by atoms with Gasteiger partial charge in [0.1, 0.15) is 5.69 Å². The van der Waals surface area contributed by atoms with Crippen molar-refractivity contribution < 1.29 is 9.53 Å². The maximum atomic E-state index is 12.3. The summed E-state index contributed by atoms with van der Waals surface area (Å²) in [7, 11) is 1.67. The second-order valence-electron chi connectivity index (χ2n) is 5.51. The smallest absolute Gasteiger partial charge is 0.270 e. The Morgan fingerprint density at radius 1 is 1.33 bits per heavy atom. The molecule has 1 aliphatic rings. The SMILES string of the molecule is COCCNc1ccnc(C(=O)NC2CCCCCC2)c1. The molecule has 21 heavy (non-hydrogen) atoms. The van der Waals surface area contributed by atoms with Gasteiger partial charge in [0, 0.05) is 31.6 Å². The van der Waals surface area contributed by atoms with Gasteiger partial charge >= 0.3 is 0 Å². The number of anilines is 1. The van der Waals surface area contributed by atoms with Gasteiger partial charge in [0.15, 0.2) is 0 Å². The van der Waals surface area contributed by atoms with Crippen molar-refractivity contribution in [1.82, 2.24) is 10.3 Å². The van der Waals surface area contributed by atoms with Crippen LogP contribution in [-0.2, 0) is 4.74 Å². The third kappa shape index (κ3) is 5.34. The van der Waals surface area contributed by atoms with Crippen molar-refractivity contribution in [2.75, 3.05) is 25.6 Å². The van der Waals surface area contributed by atoms with Crippen LogP contribution < -0.4 is 10.6 Å². The van der Waals surface area contributed by atoms with Crippen molar-refractivity contribution in [3.05, 3.63) is 24.0 Å². The predicted molar refractivity (Wildman–Crippen MR) is 83.6 cm³/mol. The molecular formula is C16H25N3O2. The summed E-state index contributed by atoms with van der Waals surface area (Å²) in [4.78, 5) is 16.5. The minimum atomic E-state index is -0.0720. The number of carbonyl (C=O) groups is 1. The molecular weight excluding hydrogens is 266 g/mol. The number of nitrogens with zero attached hydrogens (tertiary/aromatic N) is 1. The topological polar surface area (TPSA) is 63.2 Å². The van der Waals surface area contributed by atoms with Crippen LogP contribution in [0.4, 0.5) is 5.69 Å². The molecule has 1 amide bonds. The van der Waals surface area contributed by atoms with Crippen molar-refractivity contribution in [3.63, 3.8) is 0 Å². The molecule has 0 atom stereocenters. The first kappa shape index (κ1) is 15.8. The largest absolute Gasteiger partial charge is 0.383 e. The van der Waals surface area contributed by atoms with Crippen LogP contribution in [0.15, 0.2) is 18.3 Å². The predicted octanol–water partition coefficient (Wildman–Crippen LogP) is 2.59. The second kappa shape index (κ2) is 8.62. The third-order valence-corrected chi connectivity index (χ3v) is 3.82. The highest BCUT2D eigenvalue weighted by Crippen LogP contribution is 2.17. The summed E-state index contributed by atoms with van der Waals surface area (Å²) in [6.45, 7) is 1.34. The number of rotatable bonds is 6. The van der Waals surface area contributed by atoms with Crippen molar-refractivity contribution in [2.24, 2.45) is 0 Å². The fourth-order valence-corrected chi connectivity index (χ4v) is 2.65. The Morgan fingerprint density at radius 2 is 2.10 bits per heavy atom. The van der Waals surface area contributed by atoms with Crippen molar-refractivity contribution in [2.45, 2.75) is 44.6 Å². The zero-order valence-corrected chi connectivity index (χ0v) is 12.7. The van der Waals surface area contributed by atoms with Crippen LogP contribution in [-0.4, -0.2) is 37.2 Å². The van der Waals surface area contributed by atoms with Crippen LogP contribution in [0.2, 0.25) is 0 Å². The molecule has 5 nitrogen and oxygen atoms in total. The summed E-state index contributed by atoms with van der Waals surface area (Å²) in [5.41, 5.74) is 1.37. The van der Waals surface area contributed by atoms with E-state index in [0.717, 1.165) is 18.5 Å². The monoisotopic (exact) mass is 291 g/mol. The highest BCUT2D eigenvalue weighted by Gasteiger charge is 2.16. The van der Waals surface area contributed by atoms with Gasteiger partial charge in [0.25, 0.3) is 5.91 Å². The standard InChI is InChI=1S/C16H25N3O2/c1-21-11-10-17-14-8-9-18-15(12-14)16(20)19-13-6-4-2-3-5-7-13/h8-9,12-13H,2-7,10-11H2,1H3,(H,17,18)(H,19,20). The lowest BCUT2D eigenvalue weighted by molar-refractivity contribution is 0.0928. The van der Waals surface area contributed by atoms with Gasteiger partial charge < -0.3 is 15.4 Å². The Labute approximate surface area is 126 Å². The lowest BCUT2D eigenvalue weighted by Crippen LogP contribution is -2.34. The minimum Gasteiger partial charge on any atom is -0.383 e. The van der Waals surface area contributed by atoms with Crippen molar-refractivity contribution in [3.8, 4) is 0 Å². The van der Waals surface area contributed by atoms with Gasteiger partial charge in [-0.3, -0.25) is 9.78 Å².